The topological polar surface area (TPSA) is 106 Å². The van der Waals surface area contributed by atoms with Crippen molar-refractivity contribution in [1.82, 2.24) is 15.5 Å². The lowest BCUT2D eigenvalue weighted by Crippen LogP contribution is -2.33. The van der Waals surface area contributed by atoms with Crippen molar-refractivity contribution < 1.29 is 18.7 Å². The van der Waals surface area contributed by atoms with Gasteiger partial charge in [0.15, 0.2) is 5.01 Å². The average Bonchev–Trinajstić information content (AvgIpc) is 3.51. The smallest absolute Gasteiger partial charge is 0.286 e. The van der Waals surface area contributed by atoms with Gasteiger partial charge in [-0.15, -0.1) is 10.2 Å². The van der Waals surface area contributed by atoms with Gasteiger partial charge in [-0.1, -0.05) is 22.9 Å². The number of carbonyl (C=O) groups is 2. The number of benzene rings is 2. The molecule has 2 amide bonds. The molecule has 0 aliphatic rings. The van der Waals surface area contributed by atoms with Crippen molar-refractivity contribution >= 4 is 40.4 Å². The number of carbonyl (C=O) groups excluding carboxylic acids is 2. The number of nitrogens with zero attached hydrogens (tertiary/aromatic N) is 2. The predicted molar refractivity (Wildman–Crippen MR) is 129 cm³/mol. The predicted octanol–water partition coefficient (Wildman–Crippen LogP) is 4.98. The standard InChI is InChI=1S/C24H21ClN4O4S/c1-15(13-20-3-2-12-32-20)26-22(30)16-4-8-18(9-5-16)27-23(31)24-29-28-21(34-24)14-33-19-10-6-17(25)7-11-19/h2-12,15H,13-14H2,1H3,(H,26,30)(H,27,31)/t15-/m1/s1. The van der Waals surface area contributed by atoms with E-state index in [1.54, 1.807) is 54.8 Å². The summed E-state index contributed by atoms with van der Waals surface area (Å²) in [5.41, 5.74) is 1.03. The van der Waals surface area contributed by atoms with Crippen LogP contribution in [0.25, 0.3) is 0 Å². The lowest BCUT2D eigenvalue weighted by molar-refractivity contribution is 0.0938. The van der Waals surface area contributed by atoms with E-state index in [2.05, 4.69) is 20.8 Å². The van der Waals surface area contributed by atoms with Gasteiger partial charge in [0, 0.05) is 28.7 Å². The minimum atomic E-state index is -0.389. The number of aromatic nitrogens is 2. The van der Waals surface area contributed by atoms with Crippen LogP contribution in [0.1, 0.15) is 37.9 Å². The number of hydrogen-bond acceptors (Lipinski definition) is 7. The van der Waals surface area contributed by atoms with Crippen LogP contribution in [0.3, 0.4) is 0 Å². The Bertz CT molecular complexity index is 1240. The molecular weight excluding hydrogens is 476 g/mol. The fourth-order valence-electron chi connectivity index (χ4n) is 3.06. The molecule has 0 unspecified atom stereocenters. The maximum Gasteiger partial charge on any atom is 0.286 e. The molecule has 0 bridgehead atoms. The first-order valence-corrected chi connectivity index (χ1v) is 11.6. The molecule has 2 N–H and O–H groups in total. The minimum absolute atomic E-state index is 0.0895. The van der Waals surface area contributed by atoms with E-state index in [4.69, 9.17) is 20.8 Å². The molecule has 0 saturated carbocycles. The first kappa shape index (κ1) is 23.5. The highest BCUT2D eigenvalue weighted by Gasteiger charge is 2.15. The highest BCUT2D eigenvalue weighted by molar-refractivity contribution is 7.13. The molecule has 8 nitrogen and oxygen atoms in total. The minimum Gasteiger partial charge on any atom is -0.486 e. The fourth-order valence-corrected chi connectivity index (χ4v) is 3.83. The summed E-state index contributed by atoms with van der Waals surface area (Å²) in [6.07, 6.45) is 2.20. The van der Waals surface area contributed by atoms with Gasteiger partial charge in [-0.05, 0) is 67.6 Å². The highest BCUT2D eigenvalue weighted by Crippen LogP contribution is 2.19. The van der Waals surface area contributed by atoms with Crippen molar-refractivity contribution in [3.8, 4) is 5.75 Å². The molecule has 0 aliphatic carbocycles. The number of nitrogens with one attached hydrogen (secondary N) is 2. The molecule has 4 aromatic rings. The largest absolute Gasteiger partial charge is 0.486 e. The number of ether oxygens (including phenoxy) is 1. The van der Waals surface area contributed by atoms with Crippen LogP contribution in [0.15, 0.2) is 71.3 Å². The number of anilines is 1. The van der Waals surface area contributed by atoms with Gasteiger partial charge < -0.3 is 19.8 Å². The molecule has 2 heterocycles. The van der Waals surface area contributed by atoms with Crippen LogP contribution in [0.5, 0.6) is 5.75 Å². The number of amides is 2. The average molecular weight is 497 g/mol. The lowest BCUT2D eigenvalue weighted by Gasteiger charge is -2.13. The summed E-state index contributed by atoms with van der Waals surface area (Å²) in [5.74, 6) is 0.859. The number of rotatable bonds is 9. The Kier molecular flexibility index (Phi) is 7.56. The van der Waals surface area contributed by atoms with Crippen LogP contribution in [-0.2, 0) is 13.0 Å². The summed E-state index contributed by atoms with van der Waals surface area (Å²) in [6, 6.07) is 17.2. The van der Waals surface area contributed by atoms with Gasteiger partial charge in [0.1, 0.15) is 18.1 Å². The van der Waals surface area contributed by atoms with Gasteiger partial charge in [-0.25, -0.2) is 0 Å². The maximum absolute atomic E-state index is 12.5. The summed E-state index contributed by atoms with van der Waals surface area (Å²) in [4.78, 5) is 25.0. The van der Waals surface area contributed by atoms with E-state index in [0.29, 0.717) is 33.5 Å². The quantitative estimate of drug-likeness (QED) is 0.338. The van der Waals surface area contributed by atoms with Gasteiger partial charge in [0.05, 0.1) is 6.26 Å². The molecule has 174 valence electrons. The van der Waals surface area contributed by atoms with E-state index in [-0.39, 0.29) is 29.5 Å². The third-order valence-corrected chi connectivity index (χ3v) is 5.85. The molecule has 0 spiro atoms. The Morgan fingerprint density at radius 3 is 2.53 bits per heavy atom. The Balaban J connectivity index is 1.27. The van der Waals surface area contributed by atoms with E-state index in [1.165, 1.54) is 0 Å². The molecular formula is C24H21ClN4O4S. The zero-order valence-electron chi connectivity index (χ0n) is 18.2. The van der Waals surface area contributed by atoms with Crippen LogP contribution in [0, 0.1) is 0 Å². The van der Waals surface area contributed by atoms with Crippen molar-refractivity contribution in [2.45, 2.75) is 26.0 Å². The molecule has 34 heavy (non-hydrogen) atoms. The number of furan rings is 1. The van der Waals surface area contributed by atoms with Gasteiger partial charge in [-0.3, -0.25) is 9.59 Å². The summed E-state index contributed by atoms with van der Waals surface area (Å²) < 4.78 is 10.9. The van der Waals surface area contributed by atoms with Crippen LogP contribution >= 0.6 is 22.9 Å². The van der Waals surface area contributed by atoms with Crippen molar-refractivity contribution in [1.29, 1.82) is 0 Å². The molecule has 0 radical (unpaired) electrons. The lowest BCUT2D eigenvalue weighted by atomic mass is 10.1. The van der Waals surface area contributed by atoms with Gasteiger partial charge in [0.2, 0.25) is 5.01 Å². The first-order chi connectivity index (χ1) is 16.5. The Morgan fingerprint density at radius 1 is 1.06 bits per heavy atom. The second-order valence-electron chi connectivity index (χ2n) is 7.43. The third kappa shape index (κ3) is 6.43. The highest BCUT2D eigenvalue weighted by atomic mass is 35.5. The summed E-state index contributed by atoms with van der Waals surface area (Å²) in [5, 5.41) is 15.0. The summed E-state index contributed by atoms with van der Waals surface area (Å²) in [6.45, 7) is 2.10. The second kappa shape index (κ2) is 11.0. The molecule has 10 heteroatoms. The van der Waals surface area contributed by atoms with E-state index in [1.807, 2.05) is 19.1 Å². The Morgan fingerprint density at radius 2 is 1.82 bits per heavy atom. The van der Waals surface area contributed by atoms with E-state index < -0.39 is 0 Å². The monoisotopic (exact) mass is 496 g/mol. The molecule has 0 fully saturated rings. The van der Waals surface area contributed by atoms with Crippen molar-refractivity contribution in [2.75, 3.05) is 5.32 Å². The van der Waals surface area contributed by atoms with Gasteiger partial charge in [0.25, 0.3) is 11.8 Å². The number of halogens is 1. The molecule has 2 aromatic heterocycles. The third-order valence-electron chi connectivity index (χ3n) is 4.71. The SMILES string of the molecule is C[C@H](Cc1ccco1)NC(=O)c1ccc(NC(=O)c2nnc(COc3ccc(Cl)cc3)s2)cc1. The second-order valence-corrected chi connectivity index (χ2v) is 8.93. The van der Waals surface area contributed by atoms with Crippen LogP contribution < -0.4 is 15.4 Å². The molecule has 1 atom stereocenters. The van der Waals surface area contributed by atoms with Crippen LogP contribution in [0.4, 0.5) is 5.69 Å². The number of hydrogen-bond donors (Lipinski definition) is 2. The van der Waals surface area contributed by atoms with Crippen LogP contribution in [-0.4, -0.2) is 28.1 Å². The summed E-state index contributed by atoms with van der Waals surface area (Å²) >= 11 is 7.00. The first-order valence-electron chi connectivity index (χ1n) is 10.4. The fraction of sp³-hybridized carbons (Fsp3) is 0.167. The molecule has 2 aromatic carbocycles. The molecule has 0 aliphatic heterocycles. The summed E-state index contributed by atoms with van der Waals surface area (Å²) in [7, 11) is 0. The van der Waals surface area contributed by atoms with Gasteiger partial charge in [-0.2, -0.15) is 0 Å². The molecule has 4 rings (SSSR count). The van der Waals surface area contributed by atoms with E-state index in [0.717, 1.165) is 17.1 Å². The van der Waals surface area contributed by atoms with E-state index in [9.17, 15) is 9.59 Å². The van der Waals surface area contributed by atoms with Crippen LogP contribution in [0.2, 0.25) is 5.02 Å². The van der Waals surface area contributed by atoms with E-state index >= 15 is 0 Å². The normalized spacial score (nSPS) is 11.6. The Hall–Kier alpha value is -3.69. The van der Waals surface area contributed by atoms with Crippen molar-refractivity contribution in [3.05, 3.63) is 93.3 Å². The molecule has 0 saturated heterocycles. The maximum atomic E-state index is 12.5. The van der Waals surface area contributed by atoms with Crippen molar-refractivity contribution in [2.24, 2.45) is 0 Å². The zero-order chi connectivity index (χ0) is 23.9. The Labute approximate surface area is 204 Å². The van der Waals surface area contributed by atoms with Gasteiger partial charge >= 0.3 is 0 Å². The van der Waals surface area contributed by atoms with Crippen molar-refractivity contribution in [3.63, 3.8) is 0 Å². The zero-order valence-corrected chi connectivity index (χ0v) is 19.7.